The number of carbonyl (C=O) groups is 5. The number of anilines is 1. The number of benzene rings is 2. The molecule has 0 aliphatic carbocycles. The maximum absolute atomic E-state index is 12.8. The van der Waals surface area contributed by atoms with Crippen LogP contribution in [0.3, 0.4) is 0 Å². The third-order valence-electron chi connectivity index (χ3n) is 5.79. The van der Waals surface area contributed by atoms with E-state index in [0.29, 0.717) is 30.9 Å². The molecule has 188 valence electrons. The number of fused-ring (bicyclic) bond motifs is 1. The highest BCUT2D eigenvalue weighted by Crippen LogP contribution is 2.26. The summed E-state index contributed by atoms with van der Waals surface area (Å²) in [4.78, 5) is 63.0. The molecule has 2 aromatic rings. The lowest BCUT2D eigenvalue weighted by molar-refractivity contribution is -0.119. The average Bonchev–Trinajstić information content (AvgIpc) is 3.49. The first kappa shape index (κ1) is 25.1. The van der Waals surface area contributed by atoms with Crippen LogP contribution in [-0.2, 0) is 19.0 Å². The van der Waals surface area contributed by atoms with Crippen molar-refractivity contribution in [2.45, 2.75) is 32.3 Å². The van der Waals surface area contributed by atoms with Gasteiger partial charge in [-0.2, -0.15) is 0 Å². The Morgan fingerprint density at radius 1 is 0.972 bits per heavy atom. The van der Waals surface area contributed by atoms with Crippen LogP contribution in [0.4, 0.5) is 5.69 Å². The van der Waals surface area contributed by atoms with Gasteiger partial charge in [-0.15, -0.1) is 0 Å². The van der Waals surface area contributed by atoms with E-state index in [9.17, 15) is 24.0 Å². The van der Waals surface area contributed by atoms with Crippen molar-refractivity contribution in [2.24, 2.45) is 0 Å². The van der Waals surface area contributed by atoms with Gasteiger partial charge in [-0.3, -0.25) is 19.3 Å². The Balaban J connectivity index is 1.31. The fourth-order valence-electron chi connectivity index (χ4n) is 3.95. The van der Waals surface area contributed by atoms with Crippen LogP contribution in [0.2, 0.25) is 0 Å². The van der Waals surface area contributed by atoms with Gasteiger partial charge in [0, 0.05) is 12.3 Å². The Kier molecular flexibility index (Phi) is 7.74. The van der Waals surface area contributed by atoms with Crippen molar-refractivity contribution in [1.29, 1.82) is 0 Å². The van der Waals surface area contributed by atoms with Gasteiger partial charge >= 0.3 is 11.9 Å². The van der Waals surface area contributed by atoms with Gasteiger partial charge in [0.15, 0.2) is 6.61 Å². The van der Waals surface area contributed by atoms with Crippen LogP contribution in [0.5, 0.6) is 0 Å². The summed E-state index contributed by atoms with van der Waals surface area (Å²) in [5.74, 6) is -2.75. The van der Waals surface area contributed by atoms with Crippen LogP contribution in [0, 0.1) is 0 Å². The lowest BCUT2D eigenvalue weighted by atomic mass is 10.1. The van der Waals surface area contributed by atoms with Gasteiger partial charge in [-0.05, 0) is 61.7 Å². The van der Waals surface area contributed by atoms with Crippen molar-refractivity contribution in [1.82, 2.24) is 4.90 Å². The molecule has 0 radical (unpaired) electrons. The molecule has 3 amide bonds. The van der Waals surface area contributed by atoms with E-state index in [1.807, 2.05) is 6.92 Å². The third kappa shape index (κ3) is 5.60. The highest BCUT2D eigenvalue weighted by Gasteiger charge is 2.38. The van der Waals surface area contributed by atoms with Gasteiger partial charge in [-0.25, -0.2) is 9.59 Å². The van der Waals surface area contributed by atoms with Gasteiger partial charge in [0.1, 0.15) is 0 Å². The number of hydrogen-bond acceptors (Lipinski definition) is 8. The maximum atomic E-state index is 12.8. The minimum Gasteiger partial charge on any atom is -0.462 e. The maximum Gasteiger partial charge on any atom is 0.338 e. The summed E-state index contributed by atoms with van der Waals surface area (Å²) >= 11 is 0. The summed E-state index contributed by atoms with van der Waals surface area (Å²) < 4.78 is 15.6. The summed E-state index contributed by atoms with van der Waals surface area (Å²) in [6.45, 7) is 2.44. The molecule has 0 spiro atoms. The van der Waals surface area contributed by atoms with E-state index in [-0.39, 0.29) is 29.3 Å². The van der Waals surface area contributed by atoms with E-state index in [0.717, 1.165) is 17.7 Å². The van der Waals surface area contributed by atoms with Gasteiger partial charge in [0.2, 0.25) is 0 Å². The molecule has 1 saturated heterocycles. The summed E-state index contributed by atoms with van der Waals surface area (Å²) in [5.41, 5.74) is 1.16. The van der Waals surface area contributed by atoms with Crippen LogP contribution in [0.25, 0.3) is 0 Å². The first-order valence-electron chi connectivity index (χ1n) is 11.7. The summed E-state index contributed by atoms with van der Waals surface area (Å²) in [5, 5.41) is 2.57. The normalized spacial score (nSPS) is 16.6. The van der Waals surface area contributed by atoms with Crippen molar-refractivity contribution >= 4 is 35.3 Å². The number of hydrogen-bond donors (Lipinski definition) is 1. The molecule has 0 bridgehead atoms. The van der Waals surface area contributed by atoms with Gasteiger partial charge in [0.05, 0.1) is 41.5 Å². The van der Waals surface area contributed by atoms with Crippen molar-refractivity contribution in [2.75, 3.05) is 31.7 Å². The molecule has 2 heterocycles. The van der Waals surface area contributed by atoms with Gasteiger partial charge in [0.25, 0.3) is 17.7 Å². The molecule has 1 N–H and O–H groups in total. The van der Waals surface area contributed by atoms with Crippen LogP contribution in [0.15, 0.2) is 42.5 Å². The van der Waals surface area contributed by atoms with Crippen LogP contribution < -0.4 is 5.32 Å². The summed E-state index contributed by atoms with van der Waals surface area (Å²) in [6, 6.07) is 10.2. The fraction of sp³-hybridized carbons (Fsp3) is 0.346. The fourth-order valence-corrected chi connectivity index (χ4v) is 3.95. The minimum atomic E-state index is -0.806. The third-order valence-corrected chi connectivity index (χ3v) is 5.79. The van der Waals surface area contributed by atoms with Crippen molar-refractivity contribution < 1.29 is 38.2 Å². The molecule has 1 atom stereocenters. The second kappa shape index (κ2) is 11.1. The predicted octanol–water partition coefficient (Wildman–Crippen LogP) is 2.82. The van der Waals surface area contributed by atoms with Crippen LogP contribution >= 0.6 is 0 Å². The minimum absolute atomic E-state index is 0.0524. The zero-order valence-corrected chi connectivity index (χ0v) is 19.8. The SMILES string of the molecule is CCCOC(=O)c1ccc(NC(=O)COC(=O)c2ccc3c(c2)C(=O)N(C[C@H]2CCCO2)C3=O)cc1. The average molecular weight is 495 g/mol. The number of nitrogens with one attached hydrogen (secondary N) is 1. The number of carbonyl (C=O) groups excluding carboxylic acids is 5. The van der Waals surface area contributed by atoms with Gasteiger partial charge < -0.3 is 19.5 Å². The molecular formula is C26H26N2O8. The van der Waals surface area contributed by atoms with E-state index in [1.54, 1.807) is 0 Å². The second-order valence-corrected chi connectivity index (χ2v) is 8.45. The molecule has 10 heteroatoms. The highest BCUT2D eigenvalue weighted by atomic mass is 16.5. The van der Waals surface area contributed by atoms with E-state index in [2.05, 4.69) is 5.32 Å². The Bertz CT molecular complexity index is 1180. The van der Waals surface area contributed by atoms with Crippen molar-refractivity contribution in [3.05, 3.63) is 64.7 Å². The van der Waals surface area contributed by atoms with Crippen LogP contribution in [-0.4, -0.2) is 67.0 Å². The topological polar surface area (TPSA) is 128 Å². The molecule has 36 heavy (non-hydrogen) atoms. The number of amides is 3. The molecule has 2 aliphatic rings. The lowest BCUT2D eigenvalue weighted by Crippen LogP contribution is -2.36. The Morgan fingerprint density at radius 2 is 1.67 bits per heavy atom. The number of imide groups is 1. The molecule has 0 unspecified atom stereocenters. The first-order valence-corrected chi connectivity index (χ1v) is 11.7. The molecule has 2 aliphatic heterocycles. The lowest BCUT2D eigenvalue weighted by Gasteiger charge is -2.17. The Morgan fingerprint density at radius 3 is 2.36 bits per heavy atom. The van der Waals surface area contributed by atoms with Crippen molar-refractivity contribution in [3.8, 4) is 0 Å². The predicted molar refractivity (Wildman–Crippen MR) is 127 cm³/mol. The molecule has 0 saturated carbocycles. The van der Waals surface area contributed by atoms with E-state index < -0.39 is 36.3 Å². The molecule has 2 aromatic carbocycles. The van der Waals surface area contributed by atoms with E-state index in [1.165, 1.54) is 42.5 Å². The molecule has 1 fully saturated rings. The standard InChI is InChI=1S/C26H26N2O8/c1-2-11-35-25(32)16-5-8-18(9-6-16)27-22(29)15-36-26(33)17-7-10-20-21(13-17)24(31)28(23(20)30)14-19-4-3-12-34-19/h5-10,13,19H,2-4,11-12,14-15H2,1H3,(H,27,29)/t19-/m1/s1. The zero-order chi connectivity index (χ0) is 25.7. The number of esters is 2. The highest BCUT2D eigenvalue weighted by molar-refractivity contribution is 6.22. The number of nitrogens with zero attached hydrogens (tertiary/aromatic N) is 1. The molecule has 4 rings (SSSR count). The quantitative estimate of drug-likeness (QED) is 0.416. The largest absolute Gasteiger partial charge is 0.462 e. The zero-order valence-electron chi connectivity index (χ0n) is 19.8. The molecule has 0 aromatic heterocycles. The van der Waals surface area contributed by atoms with E-state index >= 15 is 0 Å². The number of rotatable bonds is 9. The second-order valence-electron chi connectivity index (χ2n) is 8.45. The summed E-state index contributed by atoms with van der Waals surface area (Å²) in [6.07, 6.45) is 2.20. The van der Waals surface area contributed by atoms with Crippen LogP contribution in [0.1, 0.15) is 67.6 Å². The number of ether oxygens (including phenoxy) is 3. The van der Waals surface area contributed by atoms with Crippen molar-refractivity contribution in [3.63, 3.8) is 0 Å². The molecular weight excluding hydrogens is 468 g/mol. The monoisotopic (exact) mass is 494 g/mol. The molecule has 10 nitrogen and oxygen atoms in total. The van der Waals surface area contributed by atoms with Gasteiger partial charge in [-0.1, -0.05) is 6.92 Å². The first-order chi connectivity index (χ1) is 17.4. The Labute approximate surface area is 207 Å². The van der Waals surface area contributed by atoms with E-state index in [4.69, 9.17) is 14.2 Å². The summed E-state index contributed by atoms with van der Waals surface area (Å²) in [7, 11) is 0. The smallest absolute Gasteiger partial charge is 0.338 e. The Hall–Kier alpha value is -4.05.